The summed E-state index contributed by atoms with van der Waals surface area (Å²) in [6, 6.07) is 4.69. The molecule has 0 bridgehead atoms. The quantitative estimate of drug-likeness (QED) is 0.417. The molecule has 10 nitrogen and oxygen atoms in total. The topological polar surface area (TPSA) is 148 Å². The first-order chi connectivity index (χ1) is 15.6. The number of nitrogens with two attached hydrogens (primary N) is 1. The Bertz CT molecular complexity index is 1180. The number of nitrogens with zero attached hydrogens (tertiary/aromatic N) is 3. The molecule has 0 atom stereocenters. The number of nitrogen functional groups attached to an aromatic ring is 1. The predicted octanol–water partition coefficient (Wildman–Crippen LogP) is 2.28. The molecule has 0 fully saturated rings. The molecular formula is C20H20F3N7O3. The summed E-state index contributed by atoms with van der Waals surface area (Å²) < 4.78 is 44.1. The third-order valence-corrected chi connectivity index (χ3v) is 4.56. The van der Waals surface area contributed by atoms with Crippen LogP contribution in [0.5, 0.6) is 0 Å². The fourth-order valence-corrected chi connectivity index (χ4v) is 2.93. The minimum absolute atomic E-state index is 0.0292. The van der Waals surface area contributed by atoms with Crippen molar-refractivity contribution in [2.24, 2.45) is 0 Å². The Balaban J connectivity index is 1.65. The summed E-state index contributed by atoms with van der Waals surface area (Å²) in [5, 5.41) is 11.5. The van der Waals surface area contributed by atoms with Gasteiger partial charge >= 0.3 is 6.18 Å². The van der Waals surface area contributed by atoms with Crippen LogP contribution in [0.3, 0.4) is 0 Å². The zero-order chi connectivity index (χ0) is 24.2. The second kappa shape index (κ2) is 9.65. The van der Waals surface area contributed by atoms with E-state index in [0.29, 0.717) is 5.56 Å². The van der Waals surface area contributed by atoms with Crippen molar-refractivity contribution < 1.29 is 27.3 Å². The van der Waals surface area contributed by atoms with Gasteiger partial charge in [-0.05, 0) is 31.7 Å². The first kappa shape index (κ1) is 23.7. The average Bonchev–Trinajstić information content (AvgIpc) is 3.23. The Morgan fingerprint density at radius 1 is 1.12 bits per heavy atom. The van der Waals surface area contributed by atoms with Crippen LogP contribution < -0.4 is 21.7 Å². The second-order valence-electron chi connectivity index (χ2n) is 6.96. The maximum atomic E-state index is 13.1. The van der Waals surface area contributed by atoms with Crippen LogP contribution in [-0.2, 0) is 19.3 Å². The van der Waals surface area contributed by atoms with Crippen LogP contribution in [0.15, 0.2) is 35.1 Å². The van der Waals surface area contributed by atoms with E-state index in [4.69, 9.17) is 10.3 Å². The lowest BCUT2D eigenvalue weighted by atomic mass is 10.1. The van der Waals surface area contributed by atoms with Crippen LogP contribution >= 0.6 is 0 Å². The van der Waals surface area contributed by atoms with Crippen LogP contribution in [0.4, 0.5) is 24.7 Å². The molecule has 5 N–H and O–H groups in total. The molecular weight excluding hydrogens is 443 g/mol. The molecule has 0 radical (unpaired) electrons. The smallest absolute Gasteiger partial charge is 0.383 e. The first-order valence-corrected chi connectivity index (χ1v) is 9.57. The second-order valence-corrected chi connectivity index (χ2v) is 6.96. The van der Waals surface area contributed by atoms with E-state index in [1.54, 1.807) is 7.05 Å². The SMILES string of the molecule is CNCc1c(N)ncnc1C(=O)NCc1cc(C(=O)Nc2ccc(C)c(C(F)(F)F)c2)on1. The first-order valence-electron chi connectivity index (χ1n) is 9.57. The Labute approximate surface area is 185 Å². The Hall–Kier alpha value is -4.00. The van der Waals surface area contributed by atoms with Crippen molar-refractivity contribution >= 4 is 23.3 Å². The van der Waals surface area contributed by atoms with E-state index in [9.17, 15) is 22.8 Å². The number of rotatable bonds is 7. The lowest BCUT2D eigenvalue weighted by Crippen LogP contribution is -2.27. The van der Waals surface area contributed by atoms with Gasteiger partial charge in [0, 0.05) is 23.9 Å². The molecule has 3 rings (SSSR count). The van der Waals surface area contributed by atoms with Gasteiger partial charge < -0.3 is 26.2 Å². The highest BCUT2D eigenvalue weighted by atomic mass is 19.4. The number of aryl methyl sites for hydroxylation is 1. The normalized spacial score (nSPS) is 11.3. The maximum Gasteiger partial charge on any atom is 0.416 e. The summed E-state index contributed by atoms with van der Waals surface area (Å²) in [4.78, 5) is 32.6. The van der Waals surface area contributed by atoms with Crippen molar-refractivity contribution in [2.45, 2.75) is 26.2 Å². The van der Waals surface area contributed by atoms with Gasteiger partial charge in [-0.15, -0.1) is 0 Å². The van der Waals surface area contributed by atoms with Gasteiger partial charge in [0.15, 0.2) is 0 Å². The number of amides is 2. The van der Waals surface area contributed by atoms with Crippen molar-refractivity contribution in [3.8, 4) is 0 Å². The molecule has 33 heavy (non-hydrogen) atoms. The number of alkyl halides is 3. The lowest BCUT2D eigenvalue weighted by Gasteiger charge is -2.12. The van der Waals surface area contributed by atoms with Gasteiger partial charge in [0.05, 0.1) is 12.1 Å². The minimum atomic E-state index is -4.55. The fraction of sp³-hybridized carbons (Fsp3) is 0.250. The summed E-state index contributed by atoms with van der Waals surface area (Å²) in [5.74, 6) is -1.41. The van der Waals surface area contributed by atoms with Crippen LogP contribution in [-0.4, -0.2) is 34.0 Å². The summed E-state index contributed by atoms with van der Waals surface area (Å²) >= 11 is 0. The molecule has 0 saturated carbocycles. The number of halogens is 3. The number of hydrogen-bond acceptors (Lipinski definition) is 8. The van der Waals surface area contributed by atoms with Gasteiger partial charge in [-0.3, -0.25) is 9.59 Å². The molecule has 0 aliphatic rings. The lowest BCUT2D eigenvalue weighted by molar-refractivity contribution is -0.138. The van der Waals surface area contributed by atoms with Gasteiger partial charge in [-0.1, -0.05) is 11.2 Å². The molecule has 3 aromatic rings. The molecule has 2 heterocycles. The van der Waals surface area contributed by atoms with E-state index in [0.717, 1.165) is 12.4 Å². The number of anilines is 2. The molecule has 0 saturated heterocycles. The molecule has 2 amide bonds. The van der Waals surface area contributed by atoms with E-state index in [1.165, 1.54) is 25.1 Å². The van der Waals surface area contributed by atoms with Crippen LogP contribution in [0.1, 0.15) is 43.4 Å². The number of aromatic nitrogens is 3. The highest BCUT2D eigenvalue weighted by Crippen LogP contribution is 2.33. The number of benzene rings is 1. The van der Waals surface area contributed by atoms with E-state index >= 15 is 0 Å². The predicted molar refractivity (Wildman–Crippen MR) is 111 cm³/mol. The van der Waals surface area contributed by atoms with E-state index in [-0.39, 0.29) is 47.3 Å². The molecule has 13 heteroatoms. The van der Waals surface area contributed by atoms with Crippen molar-refractivity contribution in [1.82, 2.24) is 25.8 Å². The van der Waals surface area contributed by atoms with E-state index < -0.39 is 23.6 Å². The minimum Gasteiger partial charge on any atom is -0.383 e. The summed E-state index contributed by atoms with van der Waals surface area (Å²) in [6.45, 7) is 1.50. The Morgan fingerprint density at radius 3 is 2.58 bits per heavy atom. The van der Waals surface area contributed by atoms with E-state index in [2.05, 4.69) is 31.1 Å². The van der Waals surface area contributed by atoms with E-state index in [1.807, 2.05) is 0 Å². The third-order valence-electron chi connectivity index (χ3n) is 4.56. The molecule has 0 spiro atoms. The number of carbonyl (C=O) groups is 2. The number of nitrogens with one attached hydrogen (secondary N) is 3. The van der Waals surface area contributed by atoms with Gasteiger partial charge in [-0.25, -0.2) is 9.97 Å². The van der Waals surface area contributed by atoms with Crippen LogP contribution in [0.25, 0.3) is 0 Å². The van der Waals surface area contributed by atoms with Gasteiger partial charge in [0.1, 0.15) is 23.5 Å². The molecule has 1 aromatic carbocycles. The van der Waals surface area contributed by atoms with Gasteiger partial charge in [0.25, 0.3) is 11.8 Å². The fourth-order valence-electron chi connectivity index (χ4n) is 2.93. The standard InChI is InChI=1S/C20H20F3N7O3/c1-10-3-4-11(5-14(10)20(21,22)23)29-18(31)15-6-12(30-33-15)7-26-19(32)16-13(8-25-2)17(24)28-9-27-16/h3-6,9,25H,7-8H2,1-2H3,(H,26,32)(H,29,31)(H2,24,27,28). The van der Waals surface area contributed by atoms with Gasteiger partial charge in [-0.2, -0.15) is 13.2 Å². The zero-order valence-electron chi connectivity index (χ0n) is 17.6. The summed E-state index contributed by atoms with van der Waals surface area (Å²) in [5.41, 5.74) is 5.63. The van der Waals surface area contributed by atoms with Gasteiger partial charge in [0.2, 0.25) is 5.76 Å². The maximum absolute atomic E-state index is 13.1. The number of hydrogen-bond donors (Lipinski definition) is 4. The molecule has 0 aliphatic heterocycles. The molecule has 174 valence electrons. The van der Waals surface area contributed by atoms with Crippen molar-refractivity contribution in [3.05, 3.63) is 64.4 Å². The van der Waals surface area contributed by atoms with Crippen molar-refractivity contribution in [3.63, 3.8) is 0 Å². The largest absolute Gasteiger partial charge is 0.416 e. The van der Waals surface area contributed by atoms with Crippen LogP contribution in [0.2, 0.25) is 0 Å². The third kappa shape index (κ3) is 5.63. The Morgan fingerprint density at radius 2 is 1.88 bits per heavy atom. The summed E-state index contributed by atoms with van der Waals surface area (Å²) in [6.07, 6.45) is -3.39. The number of carbonyl (C=O) groups excluding carboxylic acids is 2. The van der Waals surface area contributed by atoms with Crippen LogP contribution in [0, 0.1) is 6.92 Å². The molecule has 0 aliphatic carbocycles. The molecule has 2 aromatic heterocycles. The highest BCUT2D eigenvalue weighted by molar-refractivity contribution is 6.02. The molecule has 0 unspecified atom stereocenters. The average molecular weight is 463 g/mol. The Kier molecular flexibility index (Phi) is 6.92. The van der Waals surface area contributed by atoms with Crippen molar-refractivity contribution in [1.29, 1.82) is 0 Å². The monoisotopic (exact) mass is 463 g/mol. The van der Waals surface area contributed by atoms with Crippen molar-refractivity contribution in [2.75, 3.05) is 18.1 Å². The highest BCUT2D eigenvalue weighted by Gasteiger charge is 2.32. The zero-order valence-corrected chi connectivity index (χ0v) is 17.6. The summed E-state index contributed by atoms with van der Waals surface area (Å²) in [7, 11) is 1.68.